The van der Waals surface area contributed by atoms with E-state index in [0.717, 1.165) is 25.1 Å². The summed E-state index contributed by atoms with van der Waals surface area (Å²) in [7, 11) is 0. The van der Waals surface area contributed by atoms with Crippen LogP contribution in [0.2, 0.25) is 0 Å². The molecule has 1 unspecified atom stereocenters. The smallest absolute Gasteiger partial charge is 0.237 e. The molecule has 0 spiro atoms. The van der Waals surface area contributed by atoms with Crippen molar-refractivity contribution in [2.75, 3.05) is 6.54 Å². The van der Waals surface area contributed by atoms with Crippen LogP contribution in [0, 0.1) is 0 Å². The molecular formula is C10H14N4O. The maximum absolute atomic E-state index is 11.4. The summed E-state index contributed by atoms with van der Waals surface area (Å²) in [6.45, 7) is 1.41. The van der Waals surface area contributed by atoms with Crippen molar-refractivity contribution in [1.29, 1.82) is 0 Å². The summed E-state index contributed by atoms with van der Waals surface area (Å²) < 4.78 is 0. The average molecular weight is 206 g/mol. The highest BCUT2D eigenvalue weighted by Crippen LogP contribution is 2.03. The molecule has 0 aromatic carbocycles. The quantitative estimate of drug-likeness (QED) is 0.721. The minimum Gasteiger partial charge on any atom is -0.355 e. The van der Waals surface area contributed by atoms with E-state index < -0.39 is 0 Å². The van der Waals surface area contributed by atoms with Gasteiger partial charge in [-0.15, -0.1) is 0 Å². The Morgan fingerprint density at radius 1 is 1.60 bits per heavy atom. The van der Waals surface area contributed by atoms with Gasteiger partial charge in [-0.3, -0.25) is 4.79 Å². The van der Waals surface area contributed by atoms with Gasteiger partial charge in [-0.25, -0.2) is 9.97 Å². The van der Waals surface area contributed by atoms with Crippen LogP contribution in [0.5, 0.6) is 0 Å². The lowest BCUT2D eigenvalue weighted by Gasteiger charge is -2.22. The number of carbonyl (C=O) groups is 1. The van der Waals surface area contributed by atoms with Crippen LogP contribution in [0.15, 0.2) is 18.6 Å². The molecule has 0 aliphatic carbocycles. The molecule has 1 aromatic heterocycles. The summed E-state index contributed by atoms with van der Waals surface area (Å²) in [5, 5.41) is 6.02. The van der Waals surface area contributed by atoms with Gasteiger partial charge < -0.3 is 10.6 Å². The molecule has 0 bridgehead atoms. The van der Waals surface area contributed by atoms with Crippen molar-refractivity contribution in [3.63, 3.8) is 0 Å². The van der Waals surface area contributed by atoms with Gasteiger partial charge in [0.1, 0.15) is 6.33 Å². The molecule has 0 saturated carbocycles. The van der Waals surface area contributed by atoms with Gasteiger partial charge >= 0.3 is 0 Å². The van der Waals surface area contributed by atoms with E-state index in [9.17, 15) is 4.79 Å². The molecule has 5 nitrogen and oxygen atoms in total. The number of hydrogen-bond acceptors (Lipinski definition) is 4. The van der Waals surface area contributed by atoms with Gasteiger partial charge in [-0.05, 0) is 18.9 Å². The van der Waals surface area contributed by atoms with Crippen LogP contribution in [0.25, 0.3) is 0 Å². The van der Waals surface area contributed by atoms with Gasteiger partial charge in [0.2, 0.25) is 5.91 Å². The molecule has 5 heteroatoms. The maximum Gasteiger partial charge on any atom is 0.237 e. The number of piperidine rings is 1. The molecule has 1 aliphatic rings. The monoisotopic (exact) mass is 206 g/mol. The van der Waals surface area contributed by atoms with Crippen molar-refractivity contribution in [3.05, 3.63) is 24.3 Å². The fraction of sp³-hybridized carbons (Fsp3) is 0.500. The molecule has 1 fully saturated rings. The van der Waals surface area contributed by atoms with E-state index in [-0.39, 0.29) is 11.9 Å². The molecule has 1 aliphatic heterocycles. The number of rotatable bonds is 3. The van der Waals surface area contributed by atoms with Gasteiger partial charge in [0.25, 0.3) is 0 Å². The van der Waals surface area contributed by atoms with Crippen molar-refractivity contribution in [2.45, 2.75) is 25.4 Å². The van der Waals surface area contributed by atoms with E-state index >= 15 is 0 Å². The third-order valence-corrected chi connectivity index (χ3v) is 2.46. The zero-order chi connectivity index (χ0) is 10.5. The van der Waals surface area contributed by atoms with Crippen LogP contribution in [0.1, 0.15) is 18.5 Å². The molecule has 0 radical (unpaired) electrons. The lowest BCUT2D eigenvalue weighted by molar-refractivity contribution is -0.124. The van der Waals surface area contributed by atoms with Crippen LogP contribution >= 0.6 is 0 Å². The molecule has 2 N–H and O–H groups in total. The highest BCUT2D eigenvalue weighted by Gasteiger charge is 2.20. The van der Waals surface area contributed by atoms with Gasteiger partial charge in [-0.1, -0.05) is 0 Å². The molecular weight excluding hydrogens is 192 g/mol. The number of amides is 1. The van der Waals surface area contributed by atoms with Gasteiger partial charge in [0.15, 0.2) is 0 Å². The van der Waals surface area contributed by atoms with Crippen molar-refractivity contribution in [3.8, 4) is 0 Å². The van der Waals surface area contributed by atoms with Crippen molar-refractivity contribution < 1.29 is 4.79 Å². The first-order valence-electron chi connectivity index (χ1n) is 5.12. The summed E-state index contributed by atoms with van der Waals surface area (Å²) in [5.74, 6) is 0.0929. The lowest BCUT2D eigenvalue weighted by atomic mass is 10.1. The minimum atomic E-state index is -0.0753. The number of nitrogens with one attached hydrogen (secondary N) is 2. The summed E-state index contributed by atoms with van der Waals surface area (Å²) >= 11 is 0. The van der Waals surface area contributed by atoms with E-state index in [1.807, 2.05) is 6.07 Å². The van der Waals surface area contributed by atoms with Gasteiger partial charge in [0.05, 0.1) is 11.7 Å². The molecule has 2 heterocycles. The Hall–Kier alpha value is -1.49. The SMILES string of the molecule is O=C1NCCCC1NCc1ccncn1. The van der Waals surface area contributed by atoms with E-state index in [2.05, 4.69) is 20.6 Å². The predicted molar refractivity (Wildman–Crippen MR) is 54.9 cm³/mol. The number of carbonyl (C=O) groups excluding carboxylic acids is 1. The van der Waals surface area contributed by atoms with Crippen LogP contribution < -0.4 is 10.6 Å². The Morgan fingerprint density at radius 2 is 2.53 bits per heavy atom. The highest BCUT2D eigenvalue weighted by atomic mass is 16.2. The van der Waals surface area contributed by atoms with E-state index in [1.165, 1.54) is 6.33 Å². The van der Waals surface area contributed by atoms with Gasteiger partial charge in [-0.2, -0.15) is 0 Å². The zero-order valence-electron chi connectivity index (χ0n) is 8.44. The second-order valence-electron chi connectivity index (χ2n) is 3.57. The fourth-order valence-corrected chi connectivity index (χ4v) is 1.62. The van der Waals surface area contributed by atoms with Crippen molar-refractivity contribution in [2.24, 2.45) is 0 Å². The first kappa shape index (κ1) is 10.0. The molecule has 1 atom stereocenters. The average Bonchev–Trinajstić information content (AvgIpc) is 2.29. The number of nitrogens with zero attached hydrogens (tertiary/aromatic N) is 2. The van der Waals surface area contributed by atoms with Crippen LogP contribution in [0.3, 0.4) is 0 Å². The molecule has 1 amide bonds. The Morgan fingerprint density at radius 3 is 3.27 bits per heavy atom. The van der Waals surface area contributed by atoms with Gasteiger partial charge in [0, 0.05) is 19.3 Å². The van der Waals surface area contributed by atoms with E-state index in [0.29, 0.717) is 6.54 Å². The number of hydrogen-bond donors (Lipinski definition) is 2. The summed E-state index contributed by atoms with van der Waals surface area (Å²) in [6.07, 6.45) is 5.15. The topological polar surface area (TPSA) is 66.9 Å². The second kappa shape index (κ2) is 4.84. The molecule has 15 heavy (non-hydrogen) atoms. The van der Waals surface area contributed by atoms with Crippen LogP contribution in [-0.2, 0) is 11.3 Å². The van der Waals surface area contributed by atoms with Crippen LogP contribution in [0.4, 0.5) is 0 Å². The van der Waals surface area contributed by atoms with E-state index in [1.54, 1.807) is 6.20 Å². The Labute approximate surface area is 88.3 Å². The number of aromatic nitrogens is 2. The Kier molecular flexibility index (Phi) is 3.24. The third kappa shape index (κ3) is 2.73. The Balaban J connectivity index is 1.85. The fourth-order valence-electron chi connectivity index (χ4n) is 1.62. The van der Waals surface area contributed by atoms with E-state index in [4.69, 9.17) is 0 Å². The normalized spacial score (nSPS) is 21.1. The summed E-state index contributed by atoms with van der Waals surface area (Å²) in [4.78, 5) is 19.3. The maximum atomic E-state index is 11.4. The second-order valence-corrected chi connectivity index (χ2v) is 3.57. The molecule has 2 rings (SSSR count). The predicted octanol–water partition coefficient (Wildman–Crippen LogP) is -0.155. The zero-order valence-corrected chi connectivity index (χ0v) is 8.44. The van der Waals surface area contributed by atoms with Crippen molar-refractivity contribution in [1.82, 2.24) is 20.6 Å². The molecule has 80 valence electrons. The lowest BCUT2D eigenvalue weighted by Crippen LogP contribution is -2.47. The standard InChI is InChI=1S/C10H14N4O/c15-10-9(2-1-4-12-10)13-6-8-3-5-11-7-14-8/h3,5,7,9,13H,1-2,4,6H2,(H,12,15). The highest BCUT2D eigenvalue weighted by molar-refractivity contribution is 5.82. The third-order valence-electron chi connectivity index (χ3n) is 2.46. The van der Waals surface area contributed by atoms with Crippen LogP contribution in [-0.4, -0.2) is 28.5 Å². The first-order valence-corrected chi connectivity index (χ1v) is 5.12. The summed E-state index contributed by atoms with van der Waals surface area (Å²) in [5.41, 5.74) is 0.906. The largest absolute Gasteiger partial charge is 0.355 e. The molecule has 1 saturated heterocycles. The first-order chi connectivity index (χ1) is 7.36. The Bertz CT molecular complexity index is 327. The minimum absolute atomic E-state index is 0.0753. The molecule has 1 aromatic rings. The summed E-state index contributed by atoms with van der Waals surface area (Å²) in [6, 6.07) is 1.77. The van der Waals surface area contributed by atoms with Crippen molar-refractivity contribution >= 4 is 5.91 Å².